The van der Waals surface area contributed by atoms with Crippen molar-refractivity contribution in [1.29, 1.82) is 0 Å². The van der Waals surface area contributed by atoms with Gasteiger partial charge < -0.3 is 23.7 Å². The monoisotopic (exact) mass is 681 g/mol. The van der Waals surface area contributed by atoms with Crippen molar-refractivity contribution in [3.05, 3.63) is 0 Å². The number of imide groups is 1. The normalized spacial score (nSPS) is 19.7. The van der Waals surface area contributed by atoms with Crippen LogP contribution in [0.1, 0.15) is 87.5 Å². The van der Waals surface area contributed by atoms with Crippen molar-refractivity contribution in [3.63, 3.8) is 0 Å². The molecule has 1 fully saturated rings. The van der Waals surface area contributed by atoms with Gasteiger partial charge in [-0.2, -0.15) is 0 Å². The molecule has 6 atom stereocenters. The Morgan fingerprint density at radius 1 is 0.935 bits per heavy atom. The summed E-state index contributed by atoms with van der Waals surface area (Å²) in [5.74, 6) is -5.17. The lowest BCUT2D eigenvalue weighted by atomic mass is 9.84. The van der Waals surface area contributed by atoms with Gasteiger partial charge >= 0.3 is 37.8 Å². The van der Waals surface area contributed by atoms with Gasteiger partial charge in [0.1, 0.15) is 18.8 Å². The molecule has 1 saturated heterocycles. The Balaban J connectivity index is 3.66. The van der Waals surface area contributed by atoms with Crippen molar-refractivity contribution in [1.82, 2.24) is 4.90 Å². The molecular weight excluding hydrogens is 633 g/mol. The quantitative estimate of drug-likeness (QED) is 0.0776. The Bertz CT molecular complexity index is 1120. The zero-order valence-electron chi connectivity index (χ0n) is 28.1. The summed E-state index contributed by atoms with van der Waals surface area (Å²) in [4.78, 5) is 75.6. The molecule has 0 aromatic carbocycles. The van der Waals surface area contributed by atoms with Crippen molar-refractivity contribution in [2.45, 2.75) is 117 Å². The van der Waals surface area contributed by atoms with Crippen molar-refractivity contribution >= 4 is 43.7 Å². The topological polar surface area (TPSA) is 197 Å². The molecule has 0 radical (unpaired) electrons. The number of methoxy groups -OCH3 is 1. The van der Waals surface area contributed by atoms with Crippen LogP contribution in [0, 0.1) is 5.92 Å². The molecule has 264 valence electrons. The lowest BCUT2D eigenvalue weighted by Crippen LogP contribution is -2.54. The van der Waals surface area contributed by atoms with Gasteiger partial charge in [-0.25, -0.2) is 19.1 Å². The number of esters is 4. The SMILES string of the molecule is CCCCOP(=O)(OCCCC)O[C@@](C)(C[C@H]1OC(=O)N(C(C)=O)[C@H]1C(C)[C@H](OC(C)=O)[C@@H](COC(C)=O)OC(C)=O)C(=O)OC. The fraction of sp³-hybridized carbons (Fsp3) is 0.793. The second-order valence-electron chi connectivity index (χ2n) is 11.0. The number of phosphoric acid groups is 1. The minimum atomic E-state index is -4.40. The molecule has 2 amide bonds. The predicted molar refractivity (Wildman–Crippen MR) is 159 cm³/mol. The van der Waals surface area contributed by atoms with Gasteiger partial charge in [0.15, 0.2) is 11.7 Å². The lowest BCUT2D eigenvalue weighted by Gasteiger charge is -2.38. The smallest absolute Gasteiger partial charge is 0.467 e. The number of ether oxygens (including phenoxy) is 5. The van der Waals surface area contributed by atoms with E-state index in [2.05, 4.69) is 0 Å². The fourth-order valence-corrected chi connectivity index (χ4v) is 6.40. The van der Waals surface area contributed by atoms with Crippen molar-refractivity contribution in [3.8, 4) is 0 Å². The van der Waals surface area contributed by atoms with Gasteiger partial charge in [0, 0.05) is 40.0 Å². The standard InChI is InChI=1S/C29H48NO15P/c1-10-12-14-40-46(37,41-15-13-11-2)45-29(8,27(35)38-9)16-23-25(30(19(4)31)28(36)44-23)18(3)26(43-22(7)34)24(42-21(6)33)17-39-20(5)32/h18,23-26H,10-17H2,1-9H3/t18?,23-,24-,25+,26+,29+/m1/s1. The molecule has 16 nitrogen and oxygen atoms in total. The molecule has 17 heteroatoms. The molecule has 1 aliphatic rings. The van der Waals surface area contributed by atoms with Crippen LogP contribution in [0.5, 0.6) is 0 Å². The van der Waals surface area contributed by atoms with Crippen LogP contribution in [0.3, 0.4) is 0 Å². The Morgan fingerprint density at radius 2 is 1.48 bits per heavy atom. The summed E-state index contributed by atoms with van der Waals surface area (Å²) in [5.41, 5.74) is -2.12. The Morgan fingerprint density at radius 3 is 1.91 bits per heavy atom. The summed E-state index contributed by atoms with van der Waals surface area (Å²) in [5, 5.41) is 0. The summed E-state index contributed by atoms with van der Waals surface area (Å²) >= 11 is 0. The molecule has 0 aliphatic carbocycles. The zero-order valence-corrected chi connectivity index (χ0v) is 29.0. The molecule has 0 aromatic heterocycles. The third-order valence-electron chi connectivity index (χ3n) is 6.98. The van der Waals surface area contributed by atoms with E-state index in [9.17, 15) is 33.3 Å². The van der Waals surface area contributed by atoms with Gasteiger partial charge in [0.05, 0.1) is 26.4 Å². The predicted octanol–water partition coefficient (Wildman–Crippen LogP) is 3.86. The van der Waals surface area contributed by atoms with E-state index in [1.807, 2.05) is 13.8 Å². The van der Waals surface area contributed by atoms with Crippen LogP contribution in [0.15, 0.2) is 0 Å². The molecule has 0 spiro atoms. The van der Waals surface area contributed by atoms with Crippen LogP contribution in [0.25, 0.3) is 0 Å². The number of cyclic esters (lactones) is 1. The van der Waals surface area contributed by atoms with E-state index in [1.54, 1.807) is 0 Å². The average molecular weight is 682 g/mol. The van der Waals surface area contributed by atoms with E-state index in [0.29, 0.717) is 25.7 Å². The highest BCUT2D eigenvalue weighted by atomic mass is 31.2. The average Bonchev–Trinajstić information content (AvgIpc) is 3.28. The number of rotatable bonds is 20. The lowest BCUT2D eigenvalue weighted by molar-refractivity contribution is -0.180. The first-order chi connectivity index (χ1) is 21.4. The second kappa shape index (κ2) is 18.9. The summed E-state index contributed by atoms with van der Waals surface area (Å²) < 4.78 is 57.0. The Hall–Kier alpha value is -3.07. The highest BCUT2D eigenvalue weighted by molar-refractivity contribution is 7.48. The summed E-state index contributed by atoms with van der Waals surface area (Å²) in [7, 11) is -3.33. The van der Waals surface area contributed by atoms with Crippen LogP contribution in [0.4, 0.5) is 4.79 Å². The molecule has 1 unspecified atom stereocenters. The van der Waals surface area contributed by atoms with Crippen LogP contribution in [-0.4, -0.2) is 97.7 Å². The first-order valence-electron chi connectivity index (χ1n) is 15.1. The van der Waals surface area contributed by atoms with Crippen LogP contribution in [-0.2, 0) is 65.8 Å². The first kappa shape index (κ1) is 41.0. The number of carbonyl (C=O) groups excluding carboxylic acids is 6. The van der Waals surface area contributed by atoms with Crippen LogP contribution >= 0.6 is 7.82 Å². The van der Waals surface area contributed by atoms with Gasteiger partial charge in [-0.05, 0) is 19.8 Å². The summed E-state index contributed by atoms with van der Waals surface area (Å²) in [6.07, 6.45) is -3.30. The van der Waals surface area contributed by atoms with E-state index >= 15 is 0 Å². The van der Waals surface area contributed by atoms with E-state index in [0.717, 1.165) is 39.7 Å². The Labute approximate surface area is 269 Å². The van der Waals surface area contributed by atoms with Crippen molar-refractivity contribution in [2.24, 2.45) is 5.92 Å². The number of hydrogen-bond donors (Lipinski definition) is 0. The zero-order chi connectivity index (χ0) is 35.2. The maximum atomic E-state index is 13.8. The summed E-state index contributed by atoms with van der Waals surface area (Å²) in [6, 6.07) is -1.28. The molecule has 1 heterocycles. The molecule has 46 heavy (non-hydrogen) atoms. The number of hydrogen-bond acceptors (Lipinski definition) is 15. The summed E-state index contributed by atoms with van der Waals surface area (Å²) in [6.45, 7) is 10.4. The minimum absolute atomic E-state index is 0.00270. The van der Waals surface area contributed by atoms with Gasteiger partial charge in [0.25, 0.3) is 0 Å². The van der Waals surface area contributed by atoms with E-state index in [4.69, 9.17) is 37.3 Å². The largest absolute Gasteiger partial charge is 0.475 e. The van der Waals surface area contributed by atoms with Crippen LogP contribution < -0.4 is 0 Å². The third kappa shape index (κ3) is 12.3. The Kier molecular flexibility index (Phi) is 16.8. The minimum Gasteiger partial charge on any atom is -0.467 e. The number of nitrogens with zero attached hydrogens (tertiary/aromatic N) is 1. The molecule has 1 rings (SSSR count). The van der Waals surface area contributed by atoms with Gasteiger partial charge in [-0.1, -0.05) is 33.6 Å². The highest BCUT2D eigenvalue weighted by Gasteiger charge is 2.56. The van der Waals surface area contributed by atoms with E-state index in [-0.39, 0.29) is 13.2 Å². The molecule has 0 N–H and O–H groups in total. The van der Waals surface area contributed by atoms with Crippen molar-refractivity contribution in [2.75, 3.05) is 26.9 Å². The highest BCUT2D eigenvalue weighted by Crippen LogP contribution is 2.54. The maximum Gasteiger partial charge on any atom is 0.475 e. The van der Waals surface area contributed by atoms with Crippen molar-refractivity contribution < 1.29 is 70.6 Å². The molecule has 0 bridgehead atoms. The number of amides is 2. The van der Waals surface area contributed by atoms with E-state index < -0.39 is 92.6 Å². The van der Waals surface area contributed by atoms with Gasteiger partial charge in [-0.3, -0.25) is 32.7 Å². The van der Waals surface area contributed by atoms with Crippen LogP contribution in [0.2, 0.25) is 0 Å². The number of phosphoric ester groups is 1. The van der Waals surface area contributed by atoms with E-state index in [1.165, 1.54) is 13.8 Å². The third-order valence-corrected chi connectivity index (χ3v) is 8.60. The number of unbranched alkanes of at least 4 members (excludes halogenated alkanes) is 2. The molecule has 1 aliphatic heterocycles. The second-order valence-corrected chi connectivity index (χ2v) is 12.6. The van der Waals surface area contributed by atoms with Gasteiger partial charge in [-0.15, -0.1) is 0 Å². The van der Waals surface area contributed by atoms with Gasteiger partial charge in [0.2, 0.25) is 5.91 Å². The fourth-order valence-electron chi connectivity index (χ4n) is 4.87. The number of carbonyl (C=O) groups is 6. The molecular formula is C29H48NO15P. The maximum absolute atomic E-state index is 13.8. The first-order valence-corrected chi connectivity index (χ1v) is 16.6. The molecule has 0 aromatic rings. The molecule has 0 saturated carbocycles.